The molecule has 5 nitrogen and oxygen atoms in total. The smallest absolute Gasteiger partial charge is 0.314 e. The molecule has 1 saturated heterocycles. The van der Waals surface area contributed by atoms with Crippen LogP contribution in [-0.4, -0.2) is 55.2 Å². The highest BCUT2D eigenvalue weighted by Gasteiger charge is 2.18. The summed E-state index contributed by atoms with van der Waals surface area (Å²) >= 11 is 0. The molecule has 0 unspecified atom stereocenters. The Bertz CT molecular complexity index is 431. The van der Waals surface area contributed by atoms with Crippen LogP contribution in [0.4, 0.5) is 9.18 Å². The van der Waals surface area contributed by atoms with Crippen molar-refractivity contribution in [1.82, 2.24) is 9.80 Å². The first-order valence-corrected chi connectivity index (χ1v) is 6.80. The zero-order chi connectivity index (χ0) is 14.4. The molecule has 2 rings (SSSR count). The first-order chi connectivity index (χ1) is 9.65. The Kier molecular flexibility index (Phi) is 5.17. The van der Waals surface area contributed by atoms with Gasteiger partial charge in [0.2, 0.25) is 0 Å². The van der Waals surface area contributed by atoms with Crippen LogP contribution in [0, 0.1) is 5.82 Å². The fourth-order valence-electron chi connectivity index (χ4n) is 2.20. The fraction of sp³-hybridized carbons (Fsp3) is 0.500. The van der Waals surface area contributed by atoms with Gasteiger partial charge in [-0.05, 0) is 30.7 Å². The second kappa shape index (κ2) is 7.09. The van der Waals surface area contributed by atoms with Gasteiger partial charge in [-0.2, -0.15) is 0 Å². The lowest BCUT2D eigenvalue weighted by Crippen LogP contribution is -2.50. The van der Waals surface area contributed by atoms with Gasteiger partial charge >= 0.3 is 6.03 Å². The molecule has 1 fully saturated rings. The molecule has 0 bridgehead atoms. The summed E-state index contributed by atoms with van der Waals surface area (Å²) in [6.45, 7) is 4.59. The first-order valence-electron chi connectivity index (χ1n) is 6.80. The Balaban J connectivity index is 1.60. The second-order valence-corrected chi connectivity index (χ2v) is 4.82. The molecule has 1 aromatic carbocycles. The molecular weight excluding hydrogens is 261 g/mol. The van der Waals surface area contributed by atoms with Crippen molar-refractivity contribution in [1.29, 1.82) is 0 Å². The summed E-state index contributed by atoms with van der Waals surface area (Å²) in [5, 5.41) is 0. The lowest BCUT2D eigenvalue weighted by Gasteiger charge is -2.33. The number of nitrogens with zero attached hydrogens (tertiary/aromatic N) is 2. The number of rotatable bonds is 5. The molecule has 1 aliphatic heterocycles. The number of urea groups is 1. The minimum atomic E-state index is -0.343. The lowest BCUT2D eigenvalue weighted by atomic mass is 10.3. The number of halogens is 1. The number of piperazine rings is 1. The number of ether oxygens (including phenoxy) is 1. The summed E-state index contributed by atoms with van der Waals surface area (Å²) in [6.07, 6.45) is 0.897. The Hall–Kier alpha value is -1.82. The van der Waals surface area contributed by atoms with E-state index in [0.717, 1.165) is 26.1 Å². The normalized spacial score (nSPS) is 16.1. The van der Waals surface area contributed by atoms with Crippen LogP contribution in [0.15, 0.2) is 24.3 Å². The largest absolute Gasteiger partial charge is 0.494 e. The number of hydrogen-bond acceptors (Lipinski definition) is 3. The summed E-state index contributed by atoms with van der Waals surface area (Å²) < 4.78 is 18.2. The van der Waals surface area contributed by atoms with Crippen LogP contribution in [0.25, 0.3) is 0 Å². The van der Waals surface area contributed by atoms with Crippen LogP contribution in [0.3, 0.4) is 0 Å². The van der Waals surface area contributed by atoms with Crippen molar-refractivity contribution in [3.63, 3.8) is 0 Å². The van der Waals surface area contributed by atoms with E-state index >= 15 is 0 Å². The van der Waals surface area contributed by atoms with Gasteiger partial charge in [0, 0.05) is 32.7 Å². The molecule has 1 aromatic rings. The molecule has 0 aliphatic carbocycles. The van der Waals surface area contributed by atoms with E-state index in [1.54, 1.807) is 17.0 Å². The fourth-order valence-corrected chi connectivity index (χ4v) is 2.20. The molecule has 1 aliphatic rings. The van der Waals surface area contributed by atoms with E-state index in [-0.39, 0.29) is 11.8 Å². The Morgan fingerprint density at radius 2 is 1.85 bits per heavy atom. The van der Waals surface area contributed by atoms with Crippen LogP contribution in [-0.2, 0) is 0 Å². The number of amides is 2. The van der Waals surface area contributed by atoms with E-state index in [9.17, 15) is 9.18 Å². The zero-order valence-electron chi connectivity index (χ0n) is 11.4. The van der Waals surface area contributed by atoms with Crippen LogP contribution >= 0.6 is 0 Å². The standard InChI is InChI=1S/C14H20FN3O2/c15-12-2-4-13(5-3-12)20-11-1-6-17-7-9-18(10-8-17)14(16)19/h2-5H,1,6-11H2,(H2,16,19). The van der Waals surface area contributed by atoms with Crippen molar-refractivity contribution in [3.05, 3.63) is 30.1 Å². The van der Waals surface area contributed by atoms with Gasteiger partial charge in [-0.25, -0.2) is 9.18 Å². The summed E-state index contributed by atoms with van der Waals surface area (Å²) in [4.78, 5) is 14.9. The minimum absolute atomic E-state index is 0.260. The molecular formula is C14H20FN3O2. The predicted octanol–water partition coefficient (Wildman–Crippen LogP) is 1.29. The molecule has 0 atom stereocenters. The highest BCUT2D eigenvalue weighted by molar-refractivity contribution is 5.72. The van der Waals surface area contributed by atoms with Crippen LogP contribution in [0.2, 0.25) is 0 Å². The summed E-state index contributed by atoms with van der Waals surface area (Å²) in [6, 6.07) is 5.68. The van der Waals surface area contributed by atoms with Gasteiger partial charge in [-0.1, -0.05) is 0 Å². The maximum atomic E-state index is 12.7. The van der Waals surface area contributed by atoms with Crippen molar-refractivity contribution in [2.75, 3.05) is 39.3 Å². The van der Waals surface area contributed by atoms with E-state index in [2.05, 4.69) is 4.90 Å². The third-order valence-electron chi connectivity index (χ3n) is 3.39. The molecule has 1 heterocycles. The number of carbonyl (C=O) groups is 1. The van der Waals surface area contributed by atoms with Gasteiger partial charge in [-0.15, -0.1) is 0 Å². The SMILES string of the molecule is NC(=O)N1CCN(CCCOc2ccc(F)cc2)CC1. The van der Waals surface area contributed by atoms with Crippen LogP contribution in [0.5, 0.6) is 5.75 Å². The maximum absolute atomic E-state index is 12.7. The molecule has 0 saturated carbocycles. The summed E-state index contributed by atoms with van der Waals surface area (Å²) in [7, 11) is 0. The minimum Gasteiger partial charge on any atom is -0.494 e. The summed E-state index contributed by atoms with van der Waals surface area (Å²) in [5.74, 6) is 0.426. The van der Waals surface area contributed by atoms with Gasteiger partial charge in [-0.3, -0.25) is 4.90 Å². The van der Waals surface area contributed by atoms with Crippen molar-refractivity contribution in [2.45, 2.75) is 6.42 Å². The zero-order valence-corrected chi connectivity index (χ0v) is 11.4. The highest BCUT2D eigenvalue weighted by Crippen LogP contribution is 2.11. The van der Waals surface area contributed by atoms with Crippen molar-refractivity contribution in [3.8, 4) is 5.75 Å². The number of carbonyl (C=O) groups excluding carboxylic acids is 1. The van der Waals surface area contributed by atoms with Crippen molar-refractivity contribution < 1.29 is 13.9 Å². The van der Waals surface area contributed by atoms with Crippen LogP contribution < -0.4 is 10.5 Å². The molecule has 110 valence electrons. The maximum Gasteiger partial charge on any atom is 0.314 e. The van der Waals surface area contributed by atoms with Gasteiger partial charge in [0.15, 0.2) is 0 Å². The summed E-state index contributed by atoms with van der Waals surface area (Å²) in [5.41, 5.74) is 5.23. The number of benzene rings is 1. The van der Waals surface area contributed by atoms with Crippen LogP contribution in [0.1, 0.15) is 6.42 Å². The Morgan fingerprint density at radius 1 is 1.20 bits per heavy atom. The topological polar surface area (TPSA) is 58.8 Å². The Labute approximate surface area is 118 Å². The van der Waals surface area contributed by atoms with Crippen molar-refractivity contribution in [2.24, 2.45) is 5.73 Å². The first kappa shape index (κ1) is 14.6. The van der Waals surface area contributed by atoms with Crippen molar-refractivity contribution >= 4 is 6.03 Å². The molecule has 0 radical (unpaired) electrons. The second-order valence-electron chi connectivity index (χ2n) is 4.82. The van der Waals surface area contributed by atoms with Gasteiger partial charge < -0.3 is 15.4 Å². The van der Waals surface area contributed by atoms with E-state index in [4.69, 9.17) is 10.5 Å². The molecule has 0 aromatic heterocycles. The number of nitrogens with two attached hydrogens (primary N) is 1. The molecule has 6 heteroatoms. The number of hydrogen-bond donors (Lipinski definition) is 1. The van der Waals surface area contributed by atoms with E-state index in [1.165, 1.54) is 12.1 Å². The third kappa shape index (κ3) is 4.38. The molecule has 0 spiro atoms. The monoisotopic (exact) mass is 281 g/mol. The predicted molar refractivity (Wildman–Crippen MR) is 74.1 cm³/mol. The van der Waals surface area contributed by atoms with E-state index < -0.39 is 0 Å². The molecule has 20 heavy (non-hydrogen) atoms. The average molecular weight is 281 g/mol. The van der Waals surface area contributed by atoms with Gasteiger partial charge in [0.25, 0.3) is 0 Å². The molecule has 2 N–H and O–H groups in total. The van der Waals surface area contributed by atoms with Gasteiger partial charge in [0.1, 0.15) is 11.6 Å². The molecule has 2 amide bonds. The van der Waals surface area contributed by atoms with E-state index in [1.807, 2.05) is 0 Å². The quantitative estimate of drug-likeness (QED) is 0.827. The average Bonchev–Trinajstić information content (AvgIpc) is 2.46. The number of primary amides is 1. The Morgan fingerprint density at radius 3 is 2.45 bits per heavy atom. The lowest BCUT2D eigenvalue weighted by molar-refractivity contribution is 0.139. The van der Waals surface area contributed by atoms with Gasteiger partial charge in [0.05, 0.1) is 6.61 Å². The highest BCUT2D eigenvalue weighted by atomic mass is 19.1. The van der Waals surface area contributed by atoms with E-state index in [0.29, 0.717) is 25.4 Å². The third-order valence-corrected chi connectivity index (χ3v) is 3.39.